The highest BCUT2D eigenvalue weighted by atomic mass is 32.2. The Bertz CT molecular complexity index is 693. The topological polar surface area (TPSA) is 37.4 Å². The predicted molar refractivity (Wildman–Crippen MR) is 87.0 cm³/mol. The summed E-state index contributed by atoms with van der Waals surface area (Å²) in [6, 6.07) is 9.61. The van der Waals surface area contributed by atoms with Crippen molar-refractivity contribution in [2.45, 2.75) is 18.7 Å². The van der Waals surface area contributed by atoms with Crippen molar-refractivity contribution >= 4 is 28.0 Å². The van der Waals surface area contributed by atoms with E-state index in [1.165, 1.54) is 10.4 Å². The number of thiophene rings is 1. The number of hydrogen-bond acceptors (Lipinski definition) is 3. The average Bonchev–Trinajstić information content (AvgIpc) is 2.93. The van der Waals surface area contributed by atoms with Crippen LogP contribution in [0.25, 0.3) is 0 Å². The second kappa shape index (κ2) is 6.12. The molecule has 0 saturated heterocycles. The molecule has 0 N–H and O–H groups in total. The molecule has 5 heteroatoms. The van der Waals surface area contributed by atoms with Gasteiger partial charge in [0, 0.05) is 46.3 Å². The Morgan fingerprint density at radius 3 is 3.05 bits per heavy atom. The van der Waals surface area contributed by atoms with Crippen molar-refractivity contribution in [2.75, 3.05) is 12.8 Å². The summed E-state index contributed by atoms with van der Waals surface area (Å²) >= 11 is 1.77. The number of nitrogens with zero attached hydrogens (tertiary/aromatic N) is 1. The number of rotatable bonds is 3. The fourth-order valence-corrected chi connectivity index (χ4v) is 4.17. The lowest BCUT2D eigenvalue weighted by molar-refractivity contribution is 0.0736. The quantitative estimate of drug-likeness (QED) is 0.872. The Morgan fingerprint density at radius 1 is 1.38 bits per heavy atom. The Hall–Kier alpha value is -1.46. The monoisotopic (exact) mass is 319 g/mol. The number of fused-ring (bicyclic) bond motifs is 1. The molecule has 0 fully saturated rings. The standard InChI is InChI=1S/C16H17NO2S2/c1-21(19)11-12-3-2-4-13(9-12)16(18)17-7-5-15-14(10-17)6-8-20-15/h2-4,6,8-9H,5,7,10-11H2,1H3. The zero-order chi connectivity index (χ0) is 14.8. The molecule has 3 rings (SSSR count). The molecular formula is C16H17NO2S2. The lowest BCUT2D eigenvalue weighted by Crippen LogP contribution is -2.35. The molecular weight excluding hydrogens is 302 g/mol. The third-order valence-electron chi connectivity index (χ3n) is 3.64. The highest BCUT2D eigenvalue weighted by Gasteiger charge is 2.22. The van der Waals surface area contributed by atoms with Gasteiger partial charge in [-0.15, -0.1) is 11.3 Å². The second-order valence-corrected chi connectivity index (χ2v) is 7.70. The molecule has 1 aromatic heterocycles. The van der Waals surface area contributed by atoms with Crippen molar-refractivity contribution in [1.29, 1.82) is 0 Å². The van der Waals surface area contributed by atoms with Crippen molar-refractivity contribution < 1.29 is 9.00 Å². The maximum Gasteiger partial charge on any atom is 0.254 e. The van der Waals surface area contributed by atoms with Crippen LogP contribution in [-0.2, 0) is 29.5 Å². The van der Waals surface area contributed by atoms with Crippen molar-refractivity contribution in [1.82, 2.24) is 4.90 Å². The lowest BCUT2D eigenvalue weighted by Gasteiger charge is -2.27. The minimum absolute atomic E-state index is 0.0654. The van der Waals surface area contributed by atoms with Crippen molar-refractivity contribution in [2.24, 2.45) is 0 Å². The molecule has 2 heterocycles. The smallest absolute Gasteiger partial charge is 0.254 e. The van der Waals surface area contributed by atoms with Crippen molar-refractivity contribution in [3.63, 3.8) is 0 Å². The molecule has 0 bridgehead atoms. The SMILES string of the molecule is CS(=O)Cc1cccc(C(=O)N2CCc3sccc3C2)c1. The molecule has 21 heavy (non-hydrogen) atoms. The van der Waals surface area contributed by atoms with Crippen LogP contribution in [-0.4, -0.2) is 27.8 Å². The van der Waals surface area contributed by atoms with E-state index >= 15 is 0 Å². The largest absolute Gasteiger partial charge is 0.334 e. The first-order valence-electron chi connectivity index (χ1n) is 6.87. The molecule has 0 saturated carbocycles. The van der Waals surface area contributed by atoms with Crippen LogP contribution in [0.1, 0.15) is 26.4 Å². The zero-order valence-corrected chi connectivity index (χ0v) is 13.5. The summed E-state index contributed by atoms with van der Waals surface area (Å²) in [6.45, 7) is 1.47. The summed E-state index contributed by atoms with van der Waals surface area (Å²) in [7, 11) is -0.891. The molecule has 1 aliphatic rings. The van der Waals surface area contributed by atoms with Crippen molar-refractivity contribution in [3.8, 4) is 0 Å². The van der Waals surface area contributed by atoms with Crippen LogP contribution in [0.3, 0.4) is 0 Å². The highest BCUT2D eigenvalue weighted by Crippen LogP contribution is 2.25. The van der Waals surface area contributed by atoms with Gasteiger partial charge in [0.1, 0.15) is 0 Å². The van der Waals surface area contributed by atoms with Crippen LogP contribution in [0, 0.1) is 0 Å². The van der Waals surface area contributed by atoms with Gasteiger partial charge in [-0.05, 0) is 41.1 Å². The van der Waals surface area contributed by atoms with Crippen LogP contribution in [0.15, 0.2) is 35.7 Å². The number of benzene rings is 1. The molecule has 2 aromatic rings. The maximum atomic E-state index is 12.6. The van der Waals surface area contributed by atoms with Gasteiger partial charge in [-0.1, -0.05) is 12.1 Å². The van der Waals surface area contributed by atoms with Gasteiger partial charge in [-0.2, -0.15) is 0 Å². The third-order valence-corrected chi connectivity index (χ3v) is 5.40. The number of carbonyl (C=O) groups excluding carboxylic acids is 1. The molecule has 0 aliphatic carbocycles. The van der Waals surface area contributed by atoms with E-state index < -0.39 is 10.8 Å². The molecule has 0 spiro atoms. The molecule has 1 unspecified atom stereocenters. The van der Waals surface area contributed by atoms with E-state index in [2.05, 4.69) is 11.4 Å². The van der Waals surface area contributed by atoms with Gasteiger partial charge in [0.2, 0.25) is 0 Å². The first-order valence-corrected chi connectivity index (χ1v) is 9.47. The number of hydrogen-bond donors (Lipinski definition) is 0. The fourth-order valence-electron chi connectivity index (χ4n) is 2.63. The summed E-state index contributed by atoms with van der Waals surface area (Å²) < 4.78 is 11.3. The summed E-state index contributed by atoms with van der Waals surface area (Å²) in [4.78, 5) is 15.9. The first-order chi connectivity index (χ1) is 10.1. The van der Waals surface area contributed by atoms with Crippen LogP contribution in [0.4, 0.5) is 0 Å². The van der Waals surface area contributed by atoms with Gasteiger partial charge in [0.05, 0.1) is 0 Å². The molecule has 1 atom stereocenters. The van der Waals surface area contributed by atoms with Crippen LogP contribution in [0.5, 0.6) is 0 Å². The van der Waals surface area contributed by atoms with Crippen LogP contribution >= 0.6 is 11.3 Å². The molecule has 0 radical (unpaired) electrons. The third kappa shape index (κ3) is 3.24. The summed E-state index contributed by atoms with van der Waals surface area (Å²) in [6.07, 6.45) is 2.62. The summed E-state index contributed by atoms with van der Waals surface area (Å²) in [5.74, 6) is 0.561. The average molecular weight is 319 g/mol. The number of amides is 1. The van der Waals surface area contributed by atoms with Gasteiger partial charge in [0.15, 0.2) is 0 Å². The van der Waals surface area contributed by atoms with Crippen molar-refractivity contribution in [3.05, 3.63) is 57.3 Å². The zero-order valence-electron chi connectivity index (χ0n) is 11.9. The summed E-state index contributed by atoms with van der Waals surface area (Å²) in [5, 5.41) is 2.09. The predicted octanol–water partition coefficient (Wildman–Crippen LogP) is 2.83. The van der Waals surface area contributed by atoms with Gasteiger partial charge >= 0.3 is 0 Å². The van der Waals surface area contributed by atoms with Crippen LogP contribution < -0.4 is 0 Å². The Labute approximate surface area is 131 Å². The normalized spacial score (nSPS) is 15.6. The van der Waals surface area contributed by atoms with Gasteiger partial charge < -0.3 is 4.90 Å². The lowest BCUT2D eigenvalue weighted by atomic mass is 10.1. The maximum absolute atomic E-state index is 12.6. The van der Waals surface area contributed by atoms with E-state index in [0.717, 1.165) is 18.5 Å². The van der Waals surface area contributed by atoms with E-state index in [1.807, 2.05) is 29.2 Å². The number of carbonyl (C=O) groups is 1. The minimum Gasteiger partial charge on any atom is -0.334 e. The second-order valence-electron chi connectivity index (χ2n) is 5.26. The molecule has 3 nitrogen and oxygen atoms in total. The Morgan fingerprint density at radius 2 is 2.24 bits per heavy atom. The van der Waals surface area contributed by atoms with Crippen LogP contribution in [0.2, 0.25) is 0 Å². The van der Waals surface area contributed by atoms with E-state index in [-0.39, 0.29) is 5.91 Å². The molecule has 1 aliphatic heterocycles. The molecule has 110 valence electrons. The first kappa shape index (κ1) is 14.5. The Kier molecular flexibility index (Phi) is 4.22. The van der Waals surface area contributed by atoms with E-state index in [0.29, 0.717) is 17.9 Å². The minimum atomic E-state index is -0.891. The molecule has 1 aromatic carbocycles. The van der Waals surface area contributed by atoms with E-state index in [9.17, 15) is 9.00 Å². The fraction of sp³-hybridized carbons (Fsp3) is 0.312. The Balaban J connectivity index is 1.78. The molecule has 1 amide bonds. The van der Waals surface area contributed by atoms with E-state index in [4.69, 9.17) is 0 Å². The van der Waals surface area contributed by atoms with Gasteiger partial charge in [-0.25, -0.2) is 0 Å². The summed E-state index contributed by atoms with van der Waals surface area (Å²) in [5.41, 5.74) is 2.91. The van der Waals surface area contributed by atoms with Gasteiger partial charge in [0.25, 0.3) is 5.91 Å². The highest BCUT2D eigenvalue weighted by molar-refractivity contribution is 7.83. The van der Waals surface area contributed by atoms with Gasteiger partial charge in [-0.3, -0.25) is 9.00 Å². The van der Waals surface area contributed by atoms with E-state index in [1.54, 1.807) is 17.6 Å².